The molecule has 1 fully saturated rings. The average molecular weight is 938 g/mol. The predicted octanol–water partition coefficient (Wildman–Crippen LogP) is -3.82. The molecule has 0 aromatic rings. The van der Waals surface area contributed by atoms with Crippen LogP contribution < -0.4 is 54.0 Å². The second kappa shape index (κ2) is 29.5. The van der Waals surface area contributed by atoms with Crippen LogP contribution in [0.15, 0.2) is 4.99 Å². The first-order valence-corrected chi connectivity index (χ1v) is 22.5. The molecule has 13 N–H and O–H groups in total. The van der Waals surface area contributed by atoms with Crippen molar-refractivity contribution < 1.29 is 53.1 Å². The van der Waals surface area contributed by atoms with Gasteiger partial charge in [0.15, 0.2) is 5.96 Å². The van der Waals surface area contributed by atoms with E-state index in [9.17, 15) is 53.1 Å². The molecule has 0 unspecified atom stereocenters. The molecule has 0 aromatic heterocycles. The Morgan fingerprint density at radius 3 is 1.89 bits per heavy atom. The topological polar surface area (TPSA) is 358 Å². The number of nitrogens with two attached hydrogens (primary N) is 2. The Bertz CT molecular complexity index is 1720. The van der Waals surface area contributed by atoms with Gasteiger partial charge in [-0.05, 0) is 64.2 Å². The van der Waals surface area contributed by atoms with Crippen LogP contribution in [0.1, 0.15) is 100 Å². The van der Waals surface area contributed by atoms with Crippen LogP contribution in [-0.2, 0) is 47.9 Å². The molecule has 24 nitrogen and oxygen atoms in total. The van der Waals surface area contributed by atoms with E-state index in [1.165, 1.54) is 25.8 Å². The standard InChI is InChI=1S/C42H75N13O11/c1-10-14-27(36(61)48-21-31(58)49-28(15-12-17-46-42(43)44)41(66)55-18-13-16-30(55)38(63)45-11-2)50-40(65)35(25(7)56)53-37(62)29(19-23(3)4)51-39(64)34(24(5)6)52-32(59)20-47-33(60)22-54(9)26(8)57/h23-25,27-30,34-35,56H,10-22H2,1-9H3,(H,45,63)(H,47,60)(H,48,61)(H,49,58)(H,50,65)(H,51,64)(H,52,59)(H,53,62)(H4,43,44,46)/t25-,27+,28+,29-,30+,34+,35+/m1/s1. The van der Waals surface area contributed by atoms with E-state index in [4.69, 9.17) is 11.5 Å². The van der Waals surface area contributed by atoms with Gasteiger partial charge in [-0.15, -0.1) is 0 Å². The lowest BCUT2D eigenvalue weighted by atomic mass is 9.99. The molecule has 1 aliphatic rings. The minimum Gasteiger partial charge on any atom is -0.391 e. The van der Waals surface area contributed by atoms with Crippen LogP contribution in [-0.4, -0.2) is 169 Å². The zero-order valence-electron chi connectivity index (χ0n) is 39.9. The quantitative estimate of drug-likeness (QED) is 0.0204. The van der Waals surface area contributed by atoms with E-state index < -0.39 is 109 Å². The second-order valence-electron chi connectivity index (χ2n) is 17.1. The normalized spacial score (nSPS) is 16.0. The van der Waals surface area contributed by atoms with Crippen LogP contribution >= 0.6 is 0 Å². The van der Waals surface area contributed by atoms with E-state index in [0.29, 0.717) is 38.8 Å². The van der Waals surface area contributed by atoms with Gasteiger partial charge >= 0.3 is 0 Å². The monoisotopic (exact) mass is 938 g/mol. The Morgan fingerprint density at radius 1 is 0.727 bits per heavy atom. The van der Waals surface area contributed by atoms with E-state index in [0.717, 1.165) is 4.90 Å². The lowest BCUT2D eigenvalue weighted by Gasteiger charge is -2.29. The summed E-state index contributed by atoms with van der Waals surface area (Å²) in [6.07, 6.45) is 0.554. The van der Waals surface area contributed by atoms with Gasteiger partial charge in [0.2, 0.25) is 59.1 Å². The molecule has 24 heteroatoms. The van der Waals surface area contributed by atoms with Crippen molar-refractivity contribution in [1.82, 2.24) is 52.3 Å². The number of carbonyl (C=O) groups excluding carboxylic acids is 10. The van der Waals surface area contributed by atoms with Crippen LogP contribution in [0.3, 0.4) is 0 Å². The number of hydrogen-bond donors (Lipinski definition) is 11. The highest BCUT2D eigenvalue weighted by Crippen LogP contribution is 2.20. The fourth-order valence-electron chi connectivity index (χ4n) is 6.86. The minimum absolute atomic E-state index is 0.0860. The van der Waals surface area contributed by atoms with Crippen LogP contribution in [0, 0.1) is 11.8 Å². The number of likely N-dealkylation sites (tertiary alicyclic amines) is 1. The van der Waals surface area contributed by atoms with Gasteiger partial charge in [0.25, 0.3) is 0 Å². The first-order chi connectivity index (χ1) is 30.9. The largest absolute Gasteiger partial charge is 0.391 e. The molecule has 0 bridgehead atoms. The second-order valence-corrected chi connectivity index (χ2v) is 17.1. The molecule has 10 amide bonds. The number of aliphatic imine (C=N–C) groups is 1. The van der Waals surface area contributed by atoms with E-state index in [2.05, 4.69) is 47.5 Å². The van der Waals surface area contributed by atoms with Crippen LogP contribution in [0.4, 0.5) is 0 Å². The maximum absolute atomic E-state index is 13.7. The average Bonchev–Trinajstić information content (AvgIpc) is 3.73. The zero-order chi connectivity index (χ0) is 50.3. The highest BCUT2D eigenvalue weighted by atomic mass is 16.3. The van der Waals surface area contributed by atoms with Gasteiger partial charge in [0.1, 0.15) is 36.3 Å². The predicted molar refractivity (Wildman–Crippen MR) is 243 cm³/mol. The van der Waals surface area contributed by atoms with Crippen molar-refractivity contribution in [3.8, 4) is 0 Å². The summed E-state index contributed by atoms with van der Waals surface area (Å²) in [4.78, 5) is 137. The lowest BCUT2D eigenvalue weighted by Crippen LogP contribution is -2.61. The maximum Gasteiger partial charge on any atom is 0.245 e. The minimum atomic E-state index is -1.61. The number of amides is 10. The summed E-state index contributed by atoms with van der Waals surface area (Å²) in [5.41, 5.74) is 10.9. The summed E-state index contributed by atoms with van der Waals surface area (Å²) in [5.74, 6) is -7.22. The maximum atomic E-state index is 13.7. The third-order valence-electron chi connectivity index (χ3n) is 10.4. The molecule has 66 heavy (non-hydrogen) atoms. The first kappa shape index (κ1) is 57.9. The van der Waals surface area contributed by atoms with Crippen molar-refractivity contribution in [1.29, 1.82) is 0 Å². The van der Waals surface area contributed by atoms with Crippen LogP contribution in [0.25, 0.3) is 0 Å². The van der Waals surface area contributed by atoms with Gasteiger partial charge in [-0.2, -0.15) is 0 Å². The molecule has 1 saturated heterocycles. The van der Waals surface area contributed by atoms with Crippen molar-refractivity contribution in [2.75, 3.05) is 46.3 Å². The third-order valence-corrected chi connectivity index (χ3v) is 10.4. The highest BCUT2D eigenvalue weighted by molar-refractivity contribution is 5.97. The summed E-state index contributed by atoms with van der Waals surface area (Å²) >= 11 is 0. The zero-order valence-corrected chi connectivity index (χ0v) is 39.9. The number of likely N-dealkylation sites (N-methyl/N-ethyl adjacent to an activating group) is 2. The molecule has 0 saturated carbocycles. The Morgan fingerprint density at radius 2 is 1.33 bits per heavy atom. The van der Waals surface area contributed by atoms with Gasteiger partial charge in [0.05, 0.1) is 25.7 Å². The molecule has 374 valence electrons. The number of rotatable bonds is 28. The summed E-state index contributed by atoms with van der Waals surface area (Å²) < 4.78 is 0. The van der Waals surface area contributed by atoms with Crippen molar-refractivity contribution in [3.63, 3.8) is 0 Å². The van der Waals surface area contributed by atoms with Gasteiger partial charge in [-0.3, -0.25) is 52.9 Å². The fourth-order valence-corrected chi connectivity index (χ4v) is 6.86. The SMILES string of the molecule is CCC[C@H](NC(=O)[C@@H](NC(=O)[C@@H](CC(C)C)NC(=O)[C@@H](NC(=O)CNC(=O)CN(C)C(C)=O)C(C)C)[C@@H](C)O)C(=O)NCC(=O)N[C@@H](CCCN=C(N)N)C(=O)N1CCC[C@H]1C(=O)NCC. The summed E-state index contributed by atoms with van der Waals surface area (Å²) in [7, 11) is 1.42. The summed E-state index contributed by atoms with van der Waals surface area (Å²) in [6.45, 7) is 12.4. The van der Waals surface area contributed by atoms with Crippen molar-refractivity contribution in [2.45, 2.75) is 143 Å². The van der Waals surface area contributed by atoms with Gasteiger partial charge in [-0.25, -0.2) is 0 Å². The Labute approximate surface area is 387 Å². The third kappa shape index (κ3) is 20.8. The smallest absolute Gasteiger partial charge is 0.245 e. The molecule has 0 aromatic carbocycles. The van der Waals surface area contributed by atoms with Gasteiger partial charge in [-0.1, -0.05) is 41.0 Å². The molecule has 0 spiro atoms. The molecule has 1 aliphatic heterocycles. The molecule has 1 heterocycles. The van der Waals surface area contributed by atoms with Crippen molar-refractivity contribution in [2.24, 2.45) is 28.3 Å². The van der Waals surface area contributed by atoms with Crippen molar-refractivity contribution >= 4 is 65.0 Å². The number of guanidine groups is 1. The highest BCUT2D eigenvalue weighted by Gasteiger charge is 2.38. The number of hydrogen-bond acceptors (Lipinski definition) is 12. The molecule has 0 radical (unpaired) electrons. The van der Waals surface area contributed by atoms with E-state index in [1.54, 1.807) is 41.5 Å². The Hall–Kier alpha value is -6.07. The number of aliphatic hydroxyl groups is 1. The summed E-state index contributed by atoms with van der Waals surface area (Å²) in [5, 5.41) is 31.0. The number of nitrogens with zero attached hydrogens (tertiary/aromatic N) is 3. The lowest BCUT2D eigenvalue weighted by molar-refractivity contribution is -0.141. The molecule has 1 rings (SSSR count). The fraction of sp³-hybridized carbons (Fsp3) is 0.738. The van der Waals surface area contributed by atoms with E-state index in [1.807, 2.05) is 0 Å². The molecular formula is C42H75N13O11. The number of nitrogens with one attached hydrogen (secondary N) is 8. The molecular weight excluding hydrogens is 863 g/mol. The van der Waals surface area contributed by atoms with Crippen LogP contribution in [0.5, 0.6) is 0 Å². The van der Waals surface area contributed by atoms with E-state index >= 15 is 0 Å². The van der Waals surface area contributed by atoms with Crippen molar-refractivity contribution in [3.05, 3.63) is 0 Å². The Balaban J connectivity index is 3.08. The van der Waals surface area contributed by atoms with Crippen LogP contribution in [0.2, 0.25) is 0 Å². The molecule has 7 atom stereocenters. The van der Waals surface area contributed by atoms with Gasteiger partial charge in [0, 0.05) is 33.6 Å². The molecule has 0 aliphatic carbocycles. The first-order valence-electron chi connectivity index (χ1n) is 22.5. The summed E-state index contributed by atoms with van der Waals surface area (Å²) in [6, 6.07) is -7.01. The van der Waals surface area contributed by atoms with E-state index in [-0.39, 0.29) is 56.0 Å². The Kier molecular flexibility index (Phi) is 25.9. The van der Waals surface area contributed by atoms with Gasteiger partial charge < -0.3 is 68.9 Å². The number of carbonyl (C=O) groups is 10. The number of aliphatic hydroxyl groups excluding tert-OH is 1.